The first-order valence-corrected chi connectivity index (χ1v) is 6.59. The van der Waals surface area contributed by atoms with Crippen LogP contribution in [0.2, 0.25) is 0 Å². The van der Waals surface area contributed by atoms with Crippen molar-refractivity contribution in [1.29, 1.82) is 0 Å². The minimum absolute atomic E-state index is 0.0125. The van der Waals surface area contributed by atoms with Gasteiger partial charge in [-0.15, -0.1) is 0 Å². The Morgan fingerprint density at radius 1 is 1.30 bits per heavy atom. The zero-order chi connectivity index (χ0) is 14.8. The van der Waals surface area contributed by atoms with E-state index in [2.05, 4.69) is 10.6 Å². The summed E-state index contributed by atoms with van der Waals surface area (Å²) >= 11 is 0. The molecule has 1 aromatic carbocycles. The molecule has 0 spiro atoms. The number of piperidine rings is 1. The molecule has 1 amide bonds. The van der Waals surface area contributed by atoms with Crippen molar-refractivity contribution in [2.45, 2.75) is 38.0 Å². The highest BCUT2D eigenvalue weighted by atomic mass is 19.4. The third-order valence-corrected chi connectivity index (χ3v) is 3.55. The van der Waals surface area contributed by atoms with Crippen LogP contribution < -0.4 is 10.6 Å². The molecule has 110 valence electrons. The molecule has 1 aliphatic heterocycles. The van der Waals surface area contributed by atoms with Gasteiger partial charge >= 0.3 is 6.18 Å². The van der Waals surface area contributed by atoms with E-state index < -0.39 is 11.7 Å². The second-order valence-corrected chi connectivity index (χ2v) is 5.04. The van der Waals surface area contributed by atoms with Crippen LogP contribution in [-0.4, -0.2) is 24.5 Å². The van der Waals surface area contributed by atoms with E-state index in [-0.39, 0.29) is 23.6 Å². The molecule has 1 heterocycles. The minimum atomic E-state index is -4.38. The molecular formula is C14H17F3N2O. The van der Waals surface area contributed by atoms with Gasteiger partial charge < -0.3 is 10.6 Å². The highest BCUT2D eigenvalue weighted by Crippen LogP contribution is 2.29. The molecule has 0 radical (unpaired) electrons. The molecule has 1 aliphatic rings. The maximum absolute atomic E-state index is 12.4. The lowest BCUT2D eigenvalue weighted by Gasteiger charge is -2.30. The lowest BCUT2D eigenvalue weighted by atomic mass is 9.99. The summed E-state index contributed by atoms with van der Waals surface area (Å²) in [5, 5.41) is 6.11. The van der Waals surface area contributed by atoms with Crippen molar-refractivity contribution in [3.05, 3.63) is 35.4 Å². The molecule has 0 aromatic heterocycles. The van der Waals surface area contributed by atoms with E-state index in [0.717, 1.165) is 31.5 Å². The molecule has 2 unspecified atom stereocenters. The first-order valence-electron chi connectivity index (χ1n) is 6.59. The van der Waals surface area contributed by atoms with Gasteiger partial charge in [0, 0.05) is 17.6 Å². The van der Waals surface area contributed by atoms with Crippen LogP contribution in [0, 0.1) is 0 Å². The molecule has 1 saturated heterocycles. The van der Waals surface area contributed by atoms with Gasteiger partial charge in [0.05, 0.1) is 5.56 Å². The number of alkyl halides is 3. The maximum atomic E-state index is 12.4. The SMILES string of the molecule is CC1NCCCC1NC(=O)c1ccc(C(F)(F)F)cc1. The number of rotatable bonds is 2. The van der Waals surface area contributed by atoms with Gasteiger partial charge in [-0.05, 0) is 50.6 Å². The van der Waals surface area contributed by atoms with Gasteiger partial charge in [-0.1, -0.05) is 0 Å². The predicted molar refractivity (Wildman–Crippen MR) is 69.4 cm³/mol. The smallest absolute Gasteiger partial charge is 0.348 e. The normalized spacial score (nSPS) is 23.4. The van der Waals surface area contributed by atoms with Crippen molar-refractivity contribution < 1.29 is 18.0 Å². The number of carbonyl (C=O) groups excluding carboxylic acids is 1. The van der Waals surface area contributed by atoms with E-state index in [1.165, 1.54) is 12.1 Å². The van der Waals surface area contributed by atoms with Gasteiger partial charge in [-0.2, -0.15) is 13.2 Å². The Labute approximate surface area is 115 Å². The summed E-state index contributed by atoms with van der Waals surface area (Å²) in [5.74, 6) is -0.334. The van der Waals surface area contributed by atoms with Crippen molar-refractivity contribution in [2.75, 3.05) is 6.54 Å². The van der Waals surface area contributed by atoms with Crippen LogP contribution in [0.25, 0.3) is 0 Å². The lowest BCUT2D eigenvalue weighted by Crippen LogP contribution is -2.51. The molecule has 2 atom stereocenters. The summed E-state index contributed by atoms with van der Waals surface area (Å²) in [6, 6.07) is 4.45. The molecule has 6 heteroatoms. The molecule has 0 aliphatic carbocycles. The lowest BCUT2D eigenvalue weighted by molar-refractivity contribution is -0.137. The quantitative estimate of drug-likeness (QED) is 0.877. The summed E-state index contributed by atoms with van der Waals surface area (Å²) in [7, 11) is 0. The van der Waals surface area contributed by atoms with Crippen LogP contribution in [0.5, 0.6) is 0 Å². The summed E-state index contributed by atoms with van der Waals surface area (Å²) in [5.41, 5.74) is -0.502. The Bertz CT molecular complexity index is 470. The van der Waals surface area contributed by atoms with Crippen molar-refractivity contribution in [1.82, 2.24) is 10.6 Å². The van der Waals surface area contributed by atoms with Gasteiger partial charge in [-0.25, -0.2) is 0 Å². The van der Waals surface area contributed by atoms with E-state index in [4.69, 9.17) is 0 Å². The minimum Gasteiger partial charge on any atom is -0.348 e. The molecule has 0 bridgehead atoms. The van der Waals surface area contributed by atoms with Crippen LogP contribution in [0.15, 0.2) is 24.3 Å². The monoisotopic (exact) mass is 286 g/mol. The zero-order valence-electron chi connectivity index (χ0n) is 11.1. The maximum Gasteiger partial charge on any atom is 0.416 e. The predicted octanol–water partition coefficient (Wildman–Crippen LogP) is 2.58. The second-order valence-electron chi connectivity index (χ2n) is 5.04. The van der Waals surface area contributed by atoms with E-state index in [9.17, 15) is 18.0 Å². The fourth-order valence-electron chi connectivity index (χ4n) is 2.30. The van der Waals surface area contributed by atoms with Gasteiger partial charge in [0.25, 0.3) is 5.91 Å². The van der Waals surface area contributed by atoms with Gasteiger partial charge in [0.15, 0.2) is 0 Å². The third kappa shape index (κ3) is 3.50. The Morgan fingerprint density at radius 2 is 1.95 bits per heavy atom. The highest BCUT2D eigenvalue weighted by molar-refractivity contribution is 5.94. The molecule has 3 nitrogen and oxygen atoms in total. The third-order valence-electron chi connectivity index (χ3n) is 3.55. The highest BCUT2D eigenvalue weighted by Gasteiger charge is 2.30. The van der Waals surface area contributed by atoms with Crippen LogP contribution in [0.4, 0.5) is 13.2 Å². The topological polar surface area (TPSA) is 41.1 Å². The van der Waals surface area contributed by atoms with Crippen molar-refractivity contribution >= 4 is 5.91 Å². The molecule has 20 heavy (non-hydrogen) atoms. The van der Waals surface area contributed by atoms with Gasteiger partial charge in [0.1, 0.15) is 0 Å². The molecule has 1 fully saturated rings. The van der Waals surface area contributed by atoms with Crippen LogP contribution in [-0.2, 0) is 6.18 Å². The molecular weight excluding hydrogens is 269 g/mol. The second kappa shape index (κ2) is 5.83. The van der Waals surface area contributed by atoms with Crippen molar-refractivity contribution in [3.8, 4) is 0 Å². The molecule has 1 aromatic rings. The molecule has 2 N–H and O–H groups in total. The molecule has 0 saturated carbocycles. The summed E-state index contributed by atoms with van der Waals surface area (Å²) in [6.07, 6.45) is -2.53. The van der Waals surface area contributed by atoms with Crippen molar-refractivity contribution in [3.63, 3.8) is 0 Å². The number of nitrogens with one attached hydrogen (secondary N) is 2. The van der Waals surface area contributed by atoms with E-state index >= 15 is 0 Å². The average molecular weight is 286 g/mol. The Morgan fingerprint density at radius 3 is 2.50 bits per heavy atom. The average Bonchev–Trinajstić information content (AvgIpc) is 2.40. The fraction of sp³-hybridized carbons (Fsp3) is 0.500. The first kappa shape index (κ1) is 14.8. The molecule has 2 rings (SSSR count). The zero-order valence-corrected chi connectivity index (χ0v) is 11.1. The van der Waals surface area contributed by atoms with Crippen LogP contribution in [0.3, 0.4) is 0 Å². The summed E-state index contributed by atoms with van der Waals surface area (Å²) in [6.45, 7) is 2.91. The number of hydrogen-bond acceptors (Lipinski definition) is 2. The largest absolute Gasteiger partial charge is 0.416 e. The Kier molecular flexibility index (Phi) is 4.32. The van der Waals surface area contributed by atoms with Crippen molar-refractivity contribution in [2.24, 2.45) is 0 Å². The van der Waals surface area contributed by atoms with E-state index in [1.807, 2.05) is 6.92 Å². The van der Waals surface area contributed by atoms with Gasteiger partial charge in [-0.3, -0.25) is 4.79 Å². The van der Waals surface area contributed by atoms with Gasteiger partial charge in [0.2, 0.25) is 0 Å². The standard InChI is InChI=1S/C14H17F3N2O/c1-9-12(3-2-8-18-9)19-13(20)10-4-6-11(7-5-10)14(15,16)17/h4-7,9,12,18H,2-3,8H2,1H3,(H,19,20). The fourth-order valence-corrected chi connectivity index (χ4v) is 2.30. The summed E-state index contributed by atoms with van der Waals surface area (Å²) in [4.78, 5) is 12.0. The Hall–Kier alpha value is -1.56. The number of hydrogen-bond donors (Lipinski definition) is 2. The van der Waals surface area contributed by atoms with E-state index in [1.54, 1.807) is 0 Å². The summed E-state index contributed by atoms with van der Waals surface area (Å²) < 4.78 is 37.3. The first-order chi connectivity index (χ1) is 9.38. The number of benzene rings is 1. The van der Waals surface area contributed by atoms with Crippen LogP contribution >= 0.6 is 0 Å². The van der Waals surface area contributed by atoms with E-state index in [0.29, 0.717) is 0 Å². The Balaban J connectivity index is 2.02. The van der Waals surface area contributed by atoms with Crippen LogP contribution in [0.1, 0.15) is 35.7 Å². The number of amides is 1. The number of carbonyl (C=O) groups is 1. The number of halogens is 3.